The number of sulfone groups is 1. The smallest absolute Gasteiger partial charge is 0.323 e. The van der Waals surface area contributed by atoms with Gasteiger partial charge in [0.05, 0.1) is 17.0 Å². The predicted molar refractivity (Wildman–Crippen MR) is 84.0 cm³/mol. The first kappa shape index (κ1) is 18.9. The van der Waals surface area contributed by atoms with Crippen molar-refractivity contribution in [2.75, 3.05) is 11.1 Å². The van der Waals surface area contributed by atoms with Gasteiger partial charge in [0.25, 0.3) is 0 Å². The van der Waals surface area contributed by atoms with E-state index in [1.54, 1.807) is 0 Å². The highest BCUT2D eigenvalue weighted by Crippen LogP contribution is 2.29. The van der Waals surface area contributed by atoms with E-state index in [1.807, 2.05) is 0 Å². The van der Waals surface area contributed by atoms with Crippen molar-refractivity contribution in [1.82, 2.24) is 0 Å². The number of hydrogen-bond acceptors (Lipinski definition) is 3. The van der Waals surface area contributed by atoms with Crippen LogP contribution in [0, 0.1) is 5.82 Å². The minimum absolute atomic E-state index is 0.0893. The van der Waals surface area contributed by atoms with E-state index in [0.717, 1.165) is 18.2 Å². The maximum atomic E-state index is 13.4. The van der Waals surface area contributed by atoms with Crippen molar-refractivity contribution >= 4 is 21.4 Å². The summed E-state index contributed by atoms with van der Waals surface area (Å²) in [5.41, 5.74) is -1.24. The van der Waals surface area contributed by atoms with E-state index in [-0.39, 0.29) is 11.3 Å². The zero-order chi connectivity index (χ0) is 18.7. The zero-order valence-corrected chi connectivity index (χ0v) is 13.5. The molecule has 9 heteroatoms. The molecule has 0 radical (unpaired) electrons. The molecule has 0 fully saturated rings. The molecule has 0 aliphatic rings. The number of alkyl halides is 3. The molecule has 0 unspecified atom stereocenters. The molecule has 1 N–H and O–H groups in total. The van der Waals surface area contributed by atoms with Gasteiger partial charge in [0, 0.05) is 0 Å². The van der Waals surface area contributed by atoms with Crippen molar-refractivity contribution in [2.45, 2.75) is 11.9 Å². The summed E-state index contributed by atoms with van der Waals surface area (Å²) in [6.45, 7) is 0. The number of carbonyl (C=O) groups excluding carboxylic acids is 1. The van der Waals surface area contributed by atoms with Gasteiger partial charge in [0.15, 0.2) is 9.84 Å². The first-order valence-corrected chi connectivity index (χ1v) is 8.80. The molecular formula is C16H13F4NO3S. The molecule has 0 aliphatic carbocycles. The number of amides is 1. The molecule has 2 aromatic rings. The molecular weight excluding hydrogens is 362 g/mol. The minimum atomic E-state index is -4.60. The number of hydrogen-bond donors (Lipinski definition) is 1. The Bertz CT molecular complexity index is 879. The number of rotatable bonds is 5. The Balaban J connectivity index is 2.07. The Labute approximate surface area is 141 Å². The van der Waals surface area contributed by atoms with Gasteiger partial charge in [-0.1, -0.05) is 30.3 Å². The molecule has 134 valence electrons. The third-order valence-corrected chi connectivity index (χ3v) is 4.62. The van der Waals surface area contributed by atoms with Crippen molar-refractivity contribution in [3.05, 3.63) is 65.5 Å². The molecule has 2 aromatic carbocycles. The van der Waals surface area contributed by atoms with E-state index < -0.39 is 44.8 Å². The van der Waals surface area contributed by atoms with Gasteiger partial charge in [-0.25, -0.2) is 12.8 Å². The highest BCUT2D eigenvalue weighted by atomic mass is 32.2. The summed E-state index contributed by atoms with van der Waals surface area (Å²) in [6.07, 6.45) is -4.60. The topological polar surface area (TPSA) is 63.2 Å². The molecule has 1 amide bonds. The molecule has 0 bridgehead atoms. The molecule has 0 atom stereocenters. The Hall–Kier alpha value is -2.42. The van der Waals surface area contributed by atoms with Crippen molar-refractivity contribution in [1.29, 1.82) is 0 Å². The second kappa shape index (κ2) is 7.22. The number of nitrogens with one attached hydrogen (secondary N) is 1. The van der Waals surface area contributed by atoms with Crippen molar-refractivity contribution in [3.8, 4) is 0 Å². The van der Waals surface area contributed by atoms with Crippen LogP contribution in [0.25, 0.3) is 0 Å². The Morgan fingerprint density at radius 2 is 1.72 bits per heavy atom. The number of carbonyl (C=O) groups is 1. The van der Waals surface area contributed by atoms with Gasteiger partial charge in [-0.2, -0.15) is 13.2 Å². The Morgan fingerprint density at radius 1 is 1.04 bits per heavy atom. The van der Waals surface area contributed by atoms with Crippen LogP contribution in [0.15, 0.2) is 48.5 Å². The lowest BCUT2D eigenvalue weighted by atomic mass is 10.1. The van der Waals surface area contributed by atoms with Crippen LogP contribution >= 0.6 is 0 Å². The van der Waals surface area contributed by atoms with E-state index in [2.05, 4.69) is 5.32 Å². The molecule has 0 saturated carbocycles. The molecule has 25 heavy (non-hydrogen) atoms. The predicted octanol–water partition coefficient (Wildman–Crippen LogP) is 3.40. The minimum Gasteiger partial charge on any atom is -0.323 e. The van der Waals surface area contributed by atoms with E-state index in [0.29, 0.717) is 6.07 Å². The molecule has 4 nitrogen and oxygen atoms in total. The van der Waals surface area contributed by atoms with Crippen LogP contribution in [0.4, 0.5) is 23.2 Å². The van der Waals surface area contributed by atoms with Crippen LogP contribution < -0.4 is 5.32 Å². The standard InChI is InChI=1S/C16H13F4NO3S/c17-13-6-1-2-7-14(13)21-15(22)10-25(23,24)9-11-4-3-5-12(8-11)16(18,19)20/h1-8H,9-10H2,(H,21,22). The molecule has 0 heterocycles. The molecule has 0 spiro atoms. The van der Waals surface area contributed by atoms with Gasteiger partial charge >= 0.3 is 6.18 Å². The van der Waals surface area contributed by atoms with Gasteiger partial charge in [-0.3, -0.25) is 4.79 Å². The second-order valence-corrected chi connectivity index (χ2v) is 7.32. The van der Waals surface area contributed by atoms with Crippen LogP contribution in [0.3, 0.4) is 0 Å². The zero-order valence-electron chi connectivity index (χ0n) is 12.7. The lowest BCUT2D eigenvalue weighted by Crippen LogP contribution is -2.24. The quantitative estimate of drug-likeness (QED) is 0.815. The summed E-state index contributed by atoms with van der Waals surface area (Å²) in [6, 6.07) is 9.05. The fourth-order valence-electron chi connectivity index (χ4n) is 2.09. The van der Waals surface area contributed by atoms with Crippen molar-refractivity contribution in [3.63, 3.8) is 0 Å². The largest absolute Gasteiger partial charge is 0.416 e. The van der Waals surface area contributed by atoms with Crippen LogP contribution in [0.5, 0.6) is 0 Å². The normalized spacial score (nSPS) is 12.0. The monoisotopic (exact) mass is 375 g/mol. The average Bonchev–Trinajstić information content (AvgIpc) is 2.48. The number of para-hydroxylation sites is 1. The number of halogens is 4. The second-order valence-electron chi connectivity index (χ2n) is 5.26. The van der Waals surface area contributed by atoms with Crippen LogP contribution in [-0.2, 0) is 26.6 Å². The van der Waals surface area contributed by atoms with Crippen LogP contribution in [0.1, 0.15) is 11.1 Å². The van der Waals surface area contributed by atoms with Gasteiger partial charge in [-0.05, 0) is 23.8 Å². The lowest BCUT2D eigenvalue weighted by molar-refractivity contribution is -0.137. The first-order valence-electron chi connectivity index (χ1n) is 6.98. The van der Waals surface area contributed by atoms with Crippen molar-refractivity contribution in [2.24, 2.45) is 0 Å². The fourth-order valence-corrected chi connectivity index (χ4v) is 3.35. The highest BCUT2D eigenvalue weighted by Gasteiger charge is 2.30. The third-order valence-electron chi connectivity index (χ3n) is 3.14. The first-order chi connectivity index (χ1) is 11.6. The SMILES string of the molecule is O=C(CS(=O)(=O)Cc1cccc(C(F)(F)F)c1)Nc1ccccc1F. The molecule has 0 aromatic heterocycles. The van der Waals surface area contributed by atoms with E-state index in [4.69, 9.17) is 0 Å². The number of anilines is 1. The van der Waals surface area contributed by atoms with Crippen LogP contribution in [-0.4, -0.2) is 20.1 Å². The summed E-state index contributed by atoms with van der Waals surface area (Å²) < 4.78 is 75.4. The van der Waals surface area contributed by atoms with Gasteiger partial charge < -0.3 is 5.32 Å². The maximum absolute atomic E-state index is 13.4. The Morgan fingerprint density at radius 3 is 2.36 bits per heavy atom. The maximum Gasteiger partial charge on any atom is 0.416 e. The van der Waals surface area contributed by atoms with E-state index in [1.165, 1.54) is 24.3 Å². The summed E-state index contributed by atoms with van der Waals surface area (Å²) >= 11 is 0. The molecule has 0 saturated heterocycles. The highest BCUT2D eigenvalue weighted by molar-refractivity contribution is 7.91. The average molecular weight is 375 g/mol. The van der Waals surface area contributed by atoms with Crippen LogP contribution in [0.2, 0.25) is 0 Å². The van der Waals surface area contributed by atoms with Gasteiger partial charge in [0.2, 0.25) is 5.91 Å². The number of benzene rings is 2. The van der Waals surface area contributed by atoms with Gasteiger partial charge in [0.1, 0.15) is 11.6 Å². The molecule has 2 rings (SSSR count). The summed E-state index contributed by atoms with van der Waals surface area (Å²) in [7, 11) is -4.03. The fraction of sp³-hybridized carbons (Fsp3) is 0.188. The molecule has 0 aliphatic heterocycles. The Kier molecular flexibility index (Phi) is 5.46. The third kappa shape index (κ3) is 5.56. The summed E-state index contributed by atoms with van der Waals surface area (Å²) in [5, 5.41) is 2.11. The lowest BCUT2D eigenvalue weighted by Gasteiger charge is -2.10. The van der Waals surface area contributed by atoms with E-state index >= 15 is 0 Å². The van der Waals surface area contributed by atoms with Crippen molar-refractivity contribution < 1.29 is 30.8 Å². The van der Waals surface area contributed by atoms with Gasteiger partial charge in [-0.15, -0.1) is 0 Å². The summed E-state index contributed by atoms with van der Waals surface area (Å²) in [4.78, 5) is 11.8. The van der Waals surface area contributed by atoms with E-state index in [9.17, 15) is 30.8 Å². The summed E-state index contributed by atoms with van der Waals surface area (Å²) in [5.74, 6) is -3.41.